The SMILES string of the molecule is CCOC(=O)C1(C(C)C)CCN(C(=O)Cc2cc(C)on2)C1. The van der Waals surface area contributed by atoms with Gasteiger partial charge in [0, 0.05) is 19.2 Å². The topological polar surface area (TPSA) is 72.6 Å². The largest absolute Gasteiger partial charge is 0.466 e. The molecular formula is C16H24N2O4. The Morgan fingerprint density at radius 2 is 2.23 bits per heavy atom. The zero-order valence-corrected chi connectivity index (χ0v) is 13.7. The molecule has 0 radical (unpaired) electrons. The second kappa shape index (κ2) is 6.50. The lowest BCUT2D eigenvalue weighted by atomic mass is 9.76. The minimum Gasteiger partial charge on any atom is -0.466 e. The van der Waals surface area contributed by atoms with Crippen molar-refractivity contribution < 1.29 is 18.8 Å². The molecule has 1 aliphatic rings. The van der Waals surface area contributed by atoms with Crippen LogP contribution in [0.1, 0.15) is 38.6 Å². The van der Waals surface area contributed by atoms with Gasteiger partial charge in [0.15, 0.2) is 0 Å². The molecule has 1 fully saturated rings. The molecule has 1 saturated heterocycles. The standard InChI is InChI=1S/C16H24N2O4/c1-5-21-15(20)16(11(2)3)6-7-18(10-16)14(19)9-13-8-12(4)22-17-13/h8,11H,5-7,9-10H2,1-4H3. The maximum atomic E-state index is 12.4. The van der Waals surface area contributed by atoms with Gasteiger partial charge < -0.3 is 14.2 Å². The molecule has 2 rings (SSSR count). The van der Waals surface area contributed by atoms with E-state index in [1.54, 1.807) is 24.8 Å². The molecule has 1 aromatic heterocycles. The van der Waals surface area contributed by atoms with Gasteiger partial charge in [0.1, 0.15) is 5.76 Å². The first-order chi connectivity index (χ1) is 10.4. The summed E-state index contributed by atoms with van der Waals surface area (Å²) in [5.41, 5.74) is 0.0338. The highest BCUT2D eigenvalue weighted by Gasteiger charge is 2.49. The van der Waals surface area contributed by atoms with Crippen LogP contribution in [0.2, 0.25) is 0 Å². The van der Waals surface area contributed by atoms with Crippen LogP contribution in [0.3, 0.4) is 0 Å². The summed E-state index contributed by atoms with van der Waals surface area (Å²) in [6, 6.07) is 1.76. The van der Waals surface area contributed by atoms with Crippen molar-refractivity contribution in [2.24, 2.45) is 11.3 Å². The Kier molecular flexibility index (Phi) is 4.88. The quantitative estimate of drug-likeness (QED) is 0.778. The van der Waals surface area contributed by atoms with Crippen LogP contribution in [0.25, 0.3) is 0 Å². The van der Waals surface area contributed by atoms with Gasteiger partial charge in [-0.3, -0.25) is 9.59 Å². The number of aryl methyl sites for hydroxylation is 1. The Morgan fingerprint density at radius 3 is 2.77 bits per heavy atom. The Morgan fingerprint density at radius 1 is 1.50 bits per heavy atom. The molecule has 2 heterocycles. The zero-order valence-electron chi connectivity index (χ0n) is 13.7. The second-order valence-corrected chi connectivity index (χ2v) is 6.20. The average molecular weight is 308 g/mol. The summed E-state index contributed by atoms with van der Waals surface area (Å²) in [5.74, 6) is 0.587. The maximum Gasteiger partial charge on any atom is 0.314 e. The van der Waals surface area contributed by atoms with Gasteiger partial charge in [-0.1, -0.05) is 19.0 Å². The number of likely N-dealkylation sites (tertiary alicyclic amines) is 1. The summed E-state index contributed by atoms with van der Waals surface area (Å²) in [6.45, 7) is 8.96. The normalized spacial score (nSPS) is 21.4. The van der Waals surface area contributed by atoms with Crippen molar-refractivity contribution in [1.29, 1.82) is 0 Å². The highest BCUT2D eigenvalue weighted by Crippen LogP contribution is 2.39. The third-order valence-corrected chi connectivity index (χ3v) is 4.45. The molecule has 0 aliphatic carbocycles. The Bertz CT molecular complexity index is 552. The van der Waals surface area contributed by atoms with Crippen LogP contribution >= 0.6 is 0 Å². The zero-order chi connectivity index (χ0) is 16.3. The van der Waals surface area contributed by atoms with E-state index in [0.29, 0.717) is 37.6 Å². The van der Waals surface area contributed by atoms with Gasteiger partial charge in [-0.25, -0.2) is 0 Å². The first kappa shape index (κ1) is 16.5. The van der Waals surface area contributed by atoms with Crippen LogP contribution in [0, 0.1) is 18.3 Å². The van der Waals surface area contributed by atoms with Crippen molar-refractivity contribution in [3.8, 4) is 0 Å². The molecule has 1 atom stereocenters. The number of hydrogen-bond acceptors (Lipinski definition) is 5. The van der Waals surface area contributed by atoms with Crippen LogP contribution < -0.4 is 0 Å². The summed E-state index contributed by atoms with van der Waals surface area (Å²) < 4.78 is 10.2. The smallest absolute Gasteiger partial charge is 0.314 e. The molecule has 0 aromatic carbocycles. The lowest BCUT2D eigenvalue weighted by molar-refractivity contribution is -0.157. The van der Waals surface area contributed by atoms with Gasteiger partial charge in [0.05, 0.1) is 24.1 Å². The van der Waals surface area contributed by atoms with Crippen LogP contribution in [0.5, 0.6) is 0 Å². The lowest BCUT2D eigenvalue weighted by Crippen LogP contribution is -2.42. The van der Waals surface area contributed by atoms with Crippen LogP contribution in [0.4, 0.5) is 0 Å². The van der Waals surface area contributed by atoms with Crippen molar-refractivity contribution in [3.63, 3.8) is 0 Å². The third kappa shape index (κ3) is 3.15. The first-order valence-electron chi connectivity index (χ1n) is 7.76. The first-order valence-corrected chi connectivity index (χ1v) is 7.76. The van der Waals surface area contributed by atoms with Crippen LogP contribution in [-0.2, 0) is 20.7 Å². The lowest BCUT2D eigenvalue weighted by Gasteiger charge is -2.30. The van der Waals surface area contributed by atoms with Gasteiger partial charge in [-0.05, 0) is 26.2 Å². The van der Waals surface area contributed by atoms with Crippen molar-refractivity contribution >= 4 is 11.9 Å². The van der Waals surface area contributed by atoms with E-state index in [4.69, 9.17) is 9.26 Å². The van der Waals surface area contributed by atoms with Crippen LogP contribution in [-0.4, -0.2) is 41.6 Å². The van der Waals surface area contributed by atoms with Crippen molar-refractivity contribution in [2.45, 2.75) is 40.5 Å². The van der Waals surface area contributed by atoms with Gasteiger partial charge >= 0.3 is 5.97 Å². The number of carbonyl (C=O) groups is 2. The van der Waals surface area contributed by atoms with Crippen LogP contribution in [0.15, 0.2) is 10.6 Å². The molecule has 0 N–H and O–H groups in total. The number of aromatic nitrogens is 1. The summed E-state index contributed by atoms with van der Waals surface area (Å²) >= 11 is 0. The molecule has 0 bridgehead atoms. The van der Waals surface area contributed by atoms with Gasteiger partial charge in [-0.15, -0.1) is 0 Å². The summed E-state index contributed by atoms with van der Waals surface area (Å²) in [6.07, 6.45) is 0.849. The van der Waals surface area contributed by atoms with E-state index in [9.17, 15) is 9.59 Å². The molecule has 1 aromatic rings. The maximum absolute atomic E-state index is 12.4. The number of nitrogens with zero attached hydrogens (tertiary/aromatic N) is 2. The van der Waals surface area contributed by atoms with Gasteiger partial charge in [0.25, 0.3) is 0 Å². The number of ether oxygens (including phenoxy) is 1. The predicted molar refractivity (Wildman–Crippen MR) is 80.0 cm³/mol. The van der Waals surface area contributed by atoms with E-state index in [1.807, 2.05) is 13.8 Å². The highest BCUT2D eigenvalue weighted by atomic mass is 16.5. The second-order valence-electron chi connectivity index (χ2n) is 6.20. The number of carbonyl (C=O) groups excluding carboxylic acids is 2. The molecule has 1 unspecified atom stereocenters. The van der Waals surface area contributed by atoms with E-state index >= 15 is 0 Å². The number of hydrogen-bond donors (Lipinski definition) is 0. The van der Waals surface area contributed by atoms with Crippen molar-refractivity contribution in [1.82, 2.24) is 10.1 Å². The van der Waals surface area contributed by atoms with E-state index in [-0.39, 0.29) is 24.2 Å². The number of amides is 1. The summed E-state index contributed by atoms with van der Waals surface area (Å²) in [7, 11) is 0. The third-order valence-electron chi connectivity index (χ3n) is 4.45. The van der Waals surface area contributed by atoms with E-state index in [0.717, 1.165) is 0 Å². The summed E-state index contributed by atoms with van der Waals surface area (Å²) in [4.78, 5) is 26.5. The Labute approximate surface area is 130 Å². The molecule has 0 spiro atoms. The molecule has 1 amide bonds. The Balaban J connectivity index is 2.06. The van der Waals surface area contributed by atoms with E-state index in [2.05, 4.69) is 5.16 Å². The van der Waals surface area contributed by atoms with E-state index in [1.165, 1.54) is 0 Å². The molecule has 6 nitrogen and oxygen atoms in total. The predicted octanol–water partition coefficient (Wildman–Crippen LogP) is 1.96. The molecule has 1 aliphatic heterocycles. The Hall–Kier alpha value is -1.85. The van der Waals surface area contributed by atoms with Crippen molar-refractivity contribution in [2.75, 3.05) is 19.7 Å². The fraction of sp³-hybridized carbons (Fsp3) is 0.688. The minimum absolute atomic E-state index is 0.0277. The monoisotopic (exact) mass is 308 g/mol. The molecular weight excluding hydrogens is 284 g/mol. The highest BCUT2D eigenvalue weighted by molar-refractivity contribution is 5.82. The molecule has 22 heavy (non-hydrogen) atoms. The molecule has 122 valence electrons. The summed E-state index contributed by atoms with van der Waals surface area (Å²) in [5, 5.41) is 3.85. The number of esters is 1. The average Bonchev–Trinajstić information content (AvgIpc) is 3.06. The van der Waals surface area contributed by atoms with Gasteiger partial charge in [0.2, 0.25) is 5.91 Å². The van der Waals surface area contributed by atoms with E-state index < -0.39 is 5.41 Å². The minimum atomic E-state index is -0.592. The van der Waals surface area contributed by atoms with Crippen molar-refractivity contribution in [3.05, 3.63) is 17.5 Å². The number of rotatable bonds is 5. The fourth-order valence-electron chi connectivity index (χ4n) is 2.96. The molecule has 6 heteroatoms. The van der Waals surface area contributed by atoms with Gasteiger partial charge in [-0.2, -0.15) is 0 Å². The fourth-order valence-corrected chi connectivity index (χ4v) is 2.96. The molecule has 0 saturated carbocycles.